The summed E-state index contributed by atoms with van der Waals surface area (Å²) < 4.78 is 0. The molecule has 1 heterocycles. The first-order valence-electron chi connectivity index (χ1n) is 7.19. The normalized spacial score (nSPS) is 12.0. The van der Waals surface area contributed by atoms with Crippen LogP contribution in [0.15, 0.2) is 18.3 Å². The Kier molecular flexibility index (Phi) is 7.39. The molecule has 5 N–H and O–H groups in total. The first-order valence-corrected chi connectivity index (χ1v) is 7.19. The molecule has 0 aromatic carbocycles. The van der Waals surface area contributed by atoms with E-state index in [9.17, 15) is 9.59 Å². The van der Waals surface area contributed by atoms with E-state index in [0.717, 1.165) is 30.5 Å². The highest BCUT2D eigenvalue weighted by molar-refractivity contribution is 5.73. The second-order valence-corrected chi connectivity index (χ2v) is 5.16. The Morgan fingerprint density at radius 3 is 2.52 bits per heavy atom. The number of aliphatic carboxylic acids is 1. The van der Waals surface area contributed by atoms with Gasteiger partial charge in [-0.25, -0.2) is 0 Å². The van der Waals surface area contributed by atoms with E-state index in [2.05, 4.69) is 4.98 Å². The number of amides is 1. The molecule has 0 saturated heterocycles. The van der Waals surface area contributed by atoms with Gasteiger partial charge in [-0.05, 0) is 37.3 Å². The van der Waals surface area contributed by atoms with Crippen LogP contribution in [0.1, 0.15) is 55.8 Å². The minimum Gasteiger partial charge on any atom is -0.481 e. The van der Waals surface area contributed by atoms with Gasteiger partial charge in [-0.2, -0.15) is 0 Å². The van der Waals surface area contributed by atoms with Crippen LogP contribution in [0.2, 0.25) is 0 Å². The average molecular weight is 293 g/mol. The van der Waals surface area contributed by atoms with Crippen molar-refractivity contribution in [1.82, 2.24) is 4.98 Å². The van der Waals surface area contributed by atoms with Crippen LogP contribution in [0.3, 0.4) is 0 Å². The van der Waals surface area contributed by atoms with Crippen molar-refractivity contribution < 1.29 is 14.7 Å². The molecule has 0 aliphatic heterocycles. The predicted octanol–water partition coefficient (Wildman–Crippen LogP) is 1.53. The lowest BCUT2D eigenvalue weighted by Gasteiger charge is -2.10. The van der Waals surface area contributed by atoms with Crippen molar-refractivity contribution in [2.45, 2.75) is 51.0 Å². The van der Waals surface area contributed by atoms with E-state index in [1.165, 1.54) is 0 Å². The summed E-state index contributed by atoms with van der Waals surface area (Å²) in [6.45, 7) is 0. The number of hydrogen-bond acceptors (Lipinski definition) is 4. The number of aryl methyl sites for hydroxylation is 1. The first kappa shape index (κ1) is 17.1. The molecular formula is C15H23N3O3. The van der Waals surface area contributed by atoms with E-state index in [1.54, 1.807) is 6.20 Å². The Bertz CT molecular complexity index is 460. The molecule has 0 aliphatic rings. The molecule has 0 fully saturated rings. The molecular weight excluding hydrogens is 270 g/mol. The molecule has 1 atom stereocenters. The standard InChI is InChI=1S/C15H23N3O3/c16-12(7-9-14(17)19)13-8-6-11(10-18-13)4-2-1-3-5-15(20)21/h6,8,10,12H,1-5,7,9,16H2,(H2,17,19)(H,20,21)/t12-/m0/s1. The van der Waals surface area contributed by atoms with Crippen LogP contribution in [0, 0.1) is 0 Å². The van der Waals surface area contributed by atoms with Gasteiger partial charge in [0.25, 0.3) is 0 Å². The summed E-state index contributed by atoms with van der Waals surface area (Å²) in [5, 5.41) is 8.54. The number of unbranched alkanes of at least 4 members (excludes halogenated alkanes) is 2. The first-order chi connectivity index (χ1) is 9.99. The van der Waals surface area contributed by atoms with Gasteiger partial charge in [-0.3, -0.25) is 14.6 Å². The van der Waals surface area contributed by atoms with E-state index < -0.39 is 5.97 Å². The molecule has 0 bridgehead atoms. The van der Waals surface area contributed by atoms with Gasteiger partial charge < -0.3 is 16.6 Å². The molecule has 0 radical (unpaired) electrons. The van der Waals surface area contributed by atoms with E-state index in [4.69, 9.17) is 16.6 Å². The molecule has 1 rings (SSSR count). The fourth-order valence-corrected chi connectivity index (χ4v) is 2.03. The summed E-state index contributed by atoms with van der Waals surface area (Å²) in [6.07, 6.45) is 6.20. The van der Waals surface area contributed by atoms with Gasteiger partial charge in [0.2, 0.25) is 5.91 Å². The number of primary amides is 1. The van der Waals surface area contributed by atoms with Crippen LogP contribution in [-0.4, -0.2) is 22.0 Å². The van der Waals surface area contributed by atoms with Crippen molar-refractivity contribution >= 4 is 11.9 Å². The number of nitrogens with zero attached hydrogens (tertiary/aromatic N) is 1. The van der Waals surface area contributed by atoms with Crippen molar-refractivity contribution in [2.75, 3.05) is 0 Å². The van der Waals surface area contributed by atoms with Gasteiger partial charge in [-0.1, -0.05) is 12.5 Å². The third-order valence-corrected chi connectivity index (χ3v) is 3.29. The third-order valence-electron chi connectivity index (χ3n) is 3.29. The lowest BCUT2D eigenvalue weighted by molar-refractivity contribution is -0.137. The number of pyridine rings is 1. The summed E-state index contributed by atoms with van der Waals surface area (Å²) in [4.78, 5) is 25.4. The van der Waals surface area contributed by atoms with Crippen LogP contribution in [0.4, 0.5) is 0 Å². The monoisotopic (exact) mass is 293 g/mol. The molecule has 0 aliphatic carbocycles. The summed E-state index contributed by atoms with van der Waals surface area (Å²) in [6, 6.07) is 3.57. The fourth-order valence-electron chi connectivity index (χ4n) is 2.03. The highest BCUT2D eigenvalue weighted by Crippen LogP contribution is 2.14. The van der Waals surface area contributed by atoms with Crippen LogP contribution in [0.5, 0.6) is 0 Å². The van der Waals surface area contributed by atoms with Gasteiger partial charge >= 0.3 is 5.97 Å². The maximum atomic E-state index is 10.7. The minimum atomic E-state index is -0.744. The van der Waals surface area contributed by atoms with Gasteiger partial charge in [0.05, 0.1) is 5.69 Å². The van der Waals surface area contributed by atoms with Gasteiger partial charge in [0, 0.05) is 25.1 Å². The Balaban J connectivity index is 2.32. The Morgan fingerprint density at radius 2 is 1.95 bits per heavy atom. The van der Waals surface area contributed by atoms with E-state index >= 15 is 0 Å². The van der Waals surface area contributed by atoms with Crippen molar-refractivity contribution in [2.24, 2.45) is 11.5 Å². The van der Waals surface area contributed by atoms with Crippen molar-refractivity contribution in [3.05, 3.63) is 29.6 Å². The minimum absolute atomic E-state index is 0.228. The maximum Gasteiger partial charge on any atom is 0.303 e. The Hall–Kier alpha value is -1.95. The van der Waals surface area contributed by atoms with Crippen molar-refractivity contribution in [1.29, 1.82) is 0 Å². The molecule has 1 aromatic rings. The van der Waals surface area contributed by atoms with Gasteiger partial charge in [0.15, 0.2) is 0 Å². The van der Waals surface area contributed by atoms with Crippen LogP contribution in [-0.2, 0) is 16.0 Å². The number of aromatic nitrogens is 1. The van der Waals surface area contributed by atoms with E-state index in [1.807, 2.05) is 12.1 Å². The summed E-state index contributed by atoms with van der Waals surface area (Å²) in [7, 11) is 0. The quantitative estimate of drug-likeness (QED) is 0.565. The molecule has 6 nitrogen and oxygen atoms in total. The summed E-state index contributed by atoms with van der Waals surface area (Å²) in [5.41, 5.74) is 12.9. The topological polar surface area (TPSA) is 119 Å². The molecule has 0 spiro atoms. The van der Waals surface area contributed by atoms with Gasteiger partial charge in [0.1, 0.15) is 0 Å². The molecule has 0 unspecified atom stereocenters. The Morgan fingerprint density at radius 1 is 1.19 bits per heavy atom. The van der Waals surface area contributed by atoms with Crippen LogP contribution < -0.4 is 11.5 Å². The van der Waals surface area contributed by atoms with Gasteiger partial charge in [-0.15, -0.1) is 0 Å². The highest BCUT2D eigenvalue weighted by Gasteiger charge is 2.09. The maximum absolute atomic E-state index is 10.7. The van der Waals surface area contributed by atoms with E-state index in [-0.39, 0.29) is 24.8 Å². The van der Waals surface area contributed by atoms with E-state index in [0.29, 0.717) is 12.8 Å². The second-order valence-electron chi connectivity index (χ2n) is 5.16. The zero-order valence-electron chi connectivity index (χ0n) is 12.1. The third kappa shape index (κ3) is 7.41. The Labute approximate surface area is 124 Å². The number of hydrogen-bond donors (Lipinski definition) is 3. The molecule has 6 heteroatoms. The smallest absolute Gasteiger partial charge is 0.303 e. The molecule has 1 aromatic heterocycles. The number of carboxylic acids is 1. The number of carbonyl (C=O) groups is 2. The lowest BCUT2D eigenvalue weighted by atomic mass is 10.0. The zero-order chi connectivity index (χ0) is 15.7. The average Bonchev–Trinajstić information content (AvgIpc) is 2.44. The molecule has 116 valence electrons. The number of carbonyl (C=O) groups excluding carboxylic acids is 1. The van der Waals surface area contributed by atoms with Crippen LogP contribution in [0.25, 0.3) is 0 Å². The highest BCUT2D eigenvalue weighted by atomic mass is 16.4. The summed E-state index contributed by atoms with van der Waals surface area (Å²) >= 11 is 0. The van der Waals surface area contributed by atoms with Crippen molar-refractivity contribution in [3.63, 3.8) is 0 Å². The van der Waals surface area contributed by atoms with Crippen molar-refractivity contribution in [3.8, 4) is 0 Å². The predicted molar refractivity (Wildman–Crippen MR) is 79.4 cm³/mol. The van der Waals surface area contributed by atoms with Crippen LogP contribution >= 0.6 is 0 Å². The molecule has 21 heavy (non-hydrogen) atoms. The number of rotatable bonds is 10. The second kappa shape index (κ2) is 9.07. The SMILES string of the molecule is NC(=O)CC[C@H](N)c1ccc(CCCCCC(=O)O)cn1. The largest absolute Gasteiger partial charge is 0.481 e. The number of carboxylic acid groups (broad SMARTS) is 1. The molecule has 1 amide bonds. The zero-order valence-corrected chi connectivity index (χ0v) is 12.1. The molecule has 0 saturated carbocycles. The number of nitrogens with two attached hydrogens (primary N) is 2. The summed E-state index contributed by atoms with van der Waals surface area (Å²) in [5.74, 6) is -1.10. The lowest BCUT2D eigenvalue weighted by Crippen LogP contribution is -2.17. The fraction of sp³-hybridized carbons (Fsp3) is 0.533.